The topological polar surface area (TPSA) is 84.9 Å². The number of benzene rings is 2. The number of para-hydroxylation sites is 2. The standard InChI is InChI=1S/C19H22N2O5S/c1-13(2)21(3)27(23,24)15-10-8-14(9-11-15)20-19(22)18-12-25-16-6-4-5-7-17(16)26-18/h4-11,13,18H,12H2,1-3H3,(H,20,22). The first-order valence-electron chi connectivity index (χ1n) is 8.56. The second-order valence-corrected chi connectivity index (χ2v) is 8.49. The molecule has 0 saturated heterocycles. The van der Waals surface area contributed by atoms with E-state index in [1.54, 1.807) is 44.2 Å². The number of sulfonamides is 1. The van der Waals surface area contributed by atoms with Crippen molar-refractivity contribution < 1.29 is 22.7 Å². The molecule has 144 valence electrons. The number of nitrogens with zero attached hydrogens (tertiary/aromatic N) is 1. The average molecular weight is 390 g/mol. The summed E-state index contributed by atoms with van der Waals surface area (Å²) in [4.78, 5) is 12.6. The summed E-state index contributed by atoms with van der Waals surface area (Å²) in [6, 6.07) is 13.0. The fourth-order valence-corrected chi connectivity index (χ4v) is 3.89. The van der Waals surface area contributed by atoms with Crippen LogP contribution in [-0.4, -0.2) is 44.4 Å². The molecule has 3 rings (SSSR count). The van der Waals surface area contributed by atoms with Gasteiger partial charge >= 0.3 is 0 Å². The van der Waals surface area contributed by atoms with E-state index in [9.17, 15) is 13.2 Å². The molecule has 27 heavy (non-hydrogen) atoms. The highest BCUT2D eigenvalue weighted by Crippen LogP contribution is 2.31. The highest BCUT2D eigenvalue weighted by molar-refractivity contribution is 7.89. The van der Waals surface area contributed by atoms with Crippen molar-refractivity contribution in [3.05, 3.63) is 48.5 Å². The third kappa shape index (κ3) is 4.06. The van der Waals surface area contributed by atoms with Gasteiger partial charge in [-0.25, -0.2) is 8.42 Å². The van der Waals surface area contributed by atoms with E-state index in [0.29, 0.717) is 17.2 Å². The van der Waals surface area contributed by atoms with Gasteiger partial charge in [0.2, 0.25) is 16.1 Å². The van der Waals surface area contributed by atoms with Crippen molar-refractivity contribution in [2.24, 2.45) is 0 Å². The molecular weight excluding hydrogens is 368 g/mol. The third-order valence-corrected chi connectivity index (χ3v) is 6.37. The highest BCUT2D eigenvalue weighted by atomic mass is 32.2. The zero-order chi connectivity index (χ0) is 19.6. The van der Waals surface area contributed by atoms with Gasteiger partial charge in [0.1, 0.15) is 6.61 Å². The first-order chi connectivity index (χ1) is 12.8. The van der Waals surface area contributed by atoms with Crippen LogP contribution >= 0.6 is 0 Å². The average Bonchev–Trinajstić information content (AvgIpc) is 2.67. The Labute approximate surface area is 158 Å². The molecule has 1 aliphatic rings. The van der Waals surface area contributed by atoms with Crippen LogP contribution in [0.4, 0.5) is 5.69 Å². The van der Waals surface area contributed by atoms with Crippen LogP contribution in [0.25, 0.3) is 0 Å². The summed E-state index contributed by atoms with van der Waals surface area (Å²) in [5, 5.41) is 2.72. The summed E-state index contributed by atoms with van der Waals surface area (Å²) in [5.41, 5.74) is 0.480. The second kappa shape index (κ2) is 7.58. The van der Waals surface area contributed by atoms with Gasteiger partial charge in [0.25, 0.3) is 5.91 Å². The van der Waals surface area contributed by atoms with Gasteiger partial charge in [0, 0.05) is 18.8 Å². The van der Waals surface area contributed by atoms with Crippen LogP contribution in [0.15, 0.2) is 53.4 Å². The number of hydrogen-bond donors (Lipinski definition) is 1. The maximum atomic E-state index is 12.5. The van der Waals surface area contributed by atoms with Gasteiger partial charge in [-0.3, -0.25) is 4.79 Å². The Bertz CT molecular complexity index is 925. The predicted molar refractivity (Wildman–Crippen MR) is 102 cm³/mol. The fourth-order valence-electron chi connectivity index (χ4n) is 2.53. The molecule has 2 aromatic carbocycles. The summed E-state index contributed by atoms with van der Waals surface area (Å²) in [7, 11) is -2.03. The van der Waals surface area contributed by atoms with E-state index in [0.717, 1.165) is 0 Å². The number of nitrogens with one attached hydrogen (secondary N) is 1. The number of carbonyl (C=O) groups is 1. The summed E-state index contributed by atoms with van der Waals surface area (Å²) in [6.07, 6.45) is -0.782. The lowest BCUT2D eigenvalue weighted by molar-refractivity contribution is -0.125. The predicted octanol–water partition coefficient (Wildman–Crippen LogP) is 2.49. The summed E-state index contributed by atoms with van der Waals surface area (Å²) < 4.78 is 37.4. The first kappa shape index (κ1) is 19.2. The van der Waals surface area contributed by atoms with Crippen molar-refractivity contribution in [2.45, 2.75) is 30.9 Å². The molecule has 1 unspecified atom stereocenters. The molecule has 0 radical (unpaired) electrons. The van der Waals surface area contributed by atoms with Crippen molar-refractivity contribution in [1.82, 2.24) is 4.31 Å². The van der Waals surface area contributed by atoms with Crippen LogP contribution < -0.4 is 14.8 Å². The number of ether oxygens (including phenoxy) is 2. The van der Waals surface area contributed by atoms with Crippen molar-refractivity contribution in [3.8, 4) is 11.5 Å². The third-order valence-electron chi connectivity index (χ3n) is 4.33. The minimum absolute atomic E-state index is 0.106. The van der Waals surface area contributed by atoms with Gasteiger partial charge in [0.05, 0.1) is 4.90 Å². The number of hydrogen-bond acceptors (Lipinski definition) is 5. The molecule has 0 saturated carbocycles. The van der Waals surface area contributed by atoms with Crippen molar-refractivity contribution in [1.29, 1.82) is 0 Å². The van der Waals surface area contributed by atoms with Gasteiger partial charge in [-0.05, 0) is 50.2 Å². The van der Waals surface area contributed by atoms with Crippen molar-refractivity contribution >= 4 is 21.6 Å². The number of rotatable bonds is 5. The molecule has 1 amide bonds. The van der Waals surface area contributed by atoms with E-state index in [1.165, 1.54) is 23.5 Å². The molecule has 7 nitrogen and oxygen atoms in total. The lowest BCUT2D eigenvalue weighted by atomic mass is 10.2. The SMILES string of the molecule is CC(C)N(C)S(=O)(=O)c1ccc(NC(=O)C2COc3ccccc3O2)cc1. The lowest BCUT2D eigenvalue weighted by Crippen LogP contribution is -2.40. The van der Waals surface area contributed by atoms with Crippen LogP contribution in [0, 0.1) is 0 Å². The van der Waals surface area contributed by atoms with E-state index in [1.807, 2.05) is 6.07 Å². The molecule has 0 aliphatic carbocycles. The van der Waals surface area contributed by atoms with Gasteiger partial charge in [-0.1, -0.05) is 12.1 Å². The number of amides is 1. The van der Waals surface area contributed by atoms with Gasteiger partial charge in [-0.2, -0.15) is 4.31 Å². The lowest BCUT2D eigenvalue weighted by Gasteiger charge is -2.25. The van der Waals surface area contributed by atoms with Crippen LogP contribution in [0.3, 0.4) is 0 Å². The normalized spacial score (nSPS) is 16.4. The van der Waals surface area contributed by atoms with Crippen molar-refractivity contribution in [2.75, 3.05) is 19.0 Å². The quantitative estimate of drug-likeness (QED) is 0.848. The van der Waals surface area contributed by atoms with Crippen LogP contribution in [0.2, 0.25) is 0 Å². The number of carbonyl (C=O) groups excluding carboxylic acids is 1. The molecule has 0 spiro atoms. The van der Waals surface area contributed by atoms with E-state index in [2.05, 4.69) is 5.32 Å². The summed E-state index contributed by atoms with van der Waals surface area (Å²) >= 11 is 0. The molecule has 0 bridgehead atoms. The Balaban J connectivity index is 1.68. The zero-order valence-electron chi connectivity index (χ0n) is 15.4. The minimum Gasteiger partial charge on any atom is -0.485 e. The molecule has 2 aromatic rings. The van der Waals surface area contributed by atoms with Crippen LogP contribution in [0.1, 0.15) is 13.8 Å². The van der Waals surface area contributed by atoms with E-state index in [4.69, 9.17) is 9.47 Å². The molecule has 1 heterocycles. The van der Waals surface area contributed by atoms with E-state index < -0.39 is 16.1 Å². The van der Waals surface area contributed by atoms with Crippen LogP contribution in [0.5, 0.6) is 11.5 Å². The molecule has 8 heteroatoms. The van der Waals surface area contributed by atoms with E-state index in [-0.39, 0.29) is 23.5 Å². The van der Waals surface area contributed by atoms with Crippen molar-refractivity contribution in [3.63, 3.8) is 0 Å². The fraction of sp³-hybridized carbons (Fsp3) is 0.316. The Hall–Kier alpha value is -2.58. The highest BCUT2D eigenvalue weighted by Gasteiger charge is 2.28. The molecule has 0 aromatic heterocycles. The summed E-state index contributed by atoms with van der Waals surface area (Å²) in [6.45, 7) is 3.71. The Morgan fingerprint density at radius 3 is 2.37 bits per heavy atom. The maximum absolute atomic E-state index is 12.5. The largest absolute Gasteiger partial charge is 0.485 e. The Morgan fingerprint density at radius 2 is 1.74 bits per heavy atom. The second-order valence-electron chi connectivity index (χ2n) is 6.49. The van der Waals surface area contributed by atoms with Gasteiger partial charge < -0.3 is 14.8 Å². The summed E-state index contributed by atoms with van der Waals surface area (Å²) in [5.74, 6) is 0.756. The van der Waals surface area contributed by atoms with E-state index >= 15 is 0 Å². The molecule has 1 aliphatic heterocycles. The Morgan fingerprint density at radius 1 is 1.11 bits per heavy atom. The Kier molecular flexibility index (Phi) is 5.38. The minimum atomic E-state index is -3.56. The molecule has 0 fully saturated rings. The smallest absolute Gasteiger partial charge is 0.269 e. The molecule has 1 atom stereocenters. The zero-order valence-corrected chi connectivity index (χ0v) is 16.2. The van der Waals surface area contributed by atoms with Gasteiger partial charge in [-0.15, -0.1) is 0 Å². The first-order valence-corrected chi connectivity index (χ1v) is 10.0. The monoisotopic (exact) mass is 390 g/mol. The maximum Gasteiger partial charge on any atom is 0.269 e. The molecular formula is C19H22N2O5S. The molecule has 1 N–H and O–H groups in total. The number of anilines is 1. The number of fused-ring (bicyclic) bond motifs is 1. The van der Waals surface area contributed by atoms with Crippen LogP contribution in [-0.2, 0) is 14.8 Å². The van der Waals surface area contributed by atoms with Gasteiger partial charge in [0.15, 0.2) is 11.5 Å².